The van der Waals surface area contributed by atoms with Crippen molar-refractivity contribution in [2.24, 2.45) is 5.84 Å². The summed E-state index contributed by atoms with van der Waals surface area (Å²) >= 11 is 7.12. The molecule has 0 aliphatic carbocycles. The van der Waals surface area contributed by atoms with Crippen LogP contribution in [0.4, 0.5) is 0 Å². The van der Waals surface area contributed by atoms with Gasteiger partial charge in [0.15, 0.2) is 0 Å². The van der Waals surface area contributed by atoms with Crippen molar-refractivity contribution >= 4 is 39.0 Å². The van der Waals surface area contributed by atoms with Gasteiger partial charge in [0.25, 0.3) is 0 Å². The van der Waals surface area contributed by atoms with Gasteiger partial charge in [-0.15, -0.1) is 23.1 Å². The van der Waals surface area contributed by atoms with Gasteiger partial charge in [-0.05, 0) is 53.0 Å². The lowest BCUT2D eigenvalue weighted by Gasteiger charge is -2.15. The van der Waals surface area contributed by atoms with E-state index in [-0.39, 0.29) is 6.04 Å². The lowest BCUT2D eigenvalue weighted by atomic mass is 10.2. The molecule has 1 aromatic heterocycles. The quantitative estimate of drug-likeness (QED) is 0.466. The molecule has 0 aliphatic rings. The summed E-state index contributed by atoms with van der Waals surface area (Å²) in [5.74, 6) is 6.63. The van der Waals surface area contributed by atoms with Crippen LogP contribution in [0.3, 0.4) is 0 Å². The van der Waals surface area contributed by atoms with Gasteiger partial charge in [0.2, 0.25) is 0 Å². The Morgan fingerprint density at radius 2 is 2.11 bits per heavy atom. The second-order valence-corrected chi connectivity index (χ2v) is 7.96. The van der Waals surface area contributed by atoms with Crippen molar-refractivity contribution in [3.05, 3.63) is 50.6 Å². The highest BCUT2D eigenvalue weighted by atomic mass is 79.9. The van der Waals surface area contributed by atoms with Gasteiger partial charge >= 0.3 is 0 Å². The number of benzene rings is 1. The summed E-state index contributed by atoms with van der Waals surface area (Å²) in [6, 6.07) is 13.0. The van der Waals surface area contributed by atoms with Gasteiger partial charge in [-0.25, -0.2) is 0 Å². The predicted molar refractivity (Wildman–Crippen MR) is 88.7 cm³/mol. The third-order valence-corrected chi connectivity index (χ3v) is 5.83. The van der Waals surface area contributed by atoms with Crippen molar-refractivity contribution in [2.45, 2.75) is 24.3 Å². The van der Waals surface area contributed by atoms with Gasteiger partial charge in [-0.2, -0.15) is 0 Å². The summed E-state index contributed by atoms with van der Waals surface area (Å²) in [7, 11) is 0. The standard InChI is InChI=1S/C14H17BrN2S2/c1-10-4-2-3-5-13(10)18-9-11(17-16)8-12-6-7-14(15)19-12/h2-7,11,17H,8-9,16H2,1H3. The molecular weight excluding hydrogens is 340 g/mol. The number of halogens is 1. The molecule has 0 radical (unpaired) electrons. The van der Waals surface area contributed by atoms with E-state index in [4.69, 9.17) is 5.84 Å². The third kappa shape index (κ3) is 4.61. The van der Waals surface area contributed by atoms with Crippen LogP contribution in [0.2, 0.25) is 0 Å². The van der Waals surface area contributed by atoms with Crippen molar-refractivity contribution in [3.8, 4) is 0 Å². The molecule has 1 heterocycles. The molecule has 0 aliphatic heterocycles. The molecule has 1 unspecified atom stereocenters. The monoisotopic (exact) mass is 356 g/mol. The van der Waals surface area contributed by atoms with E-state index in [9.17, 15) is 0 Å². The highest BCUT2D eigenvalue weighted by Gasteiger charge is 2.10. The minimum absolute atomic E-state index is 0.287. The topological polar surface area (TPSA) is 38.0 Å². The van der Waals surface area contributed by atoms with E-state index in [2.05, 4.69) is 64.7 Å². The number of nitrogens with one attached hydrogen (secondary N) is 1. The van der Waals surface area contributed by atoms with Crippen LogP contribution < -0.4 is 11.3 Å². The van der Waals surface area contributed by atoms with E-state index in [1.165, 1.54) is 19.1 Å². The molecule has 0 fully saturated rings. The van der Waals surface area contributed by atoms with E-state index in [1.807, 2.05) is 11.8 Å². The fourth-order valence-electron chi connectivity index (χ4n) is 1.78. The van der Waals surface area contributed by atoms with Crippen LogP contribution in [0.15, 0.2) is 45.1 Å². The summed E-state index contributed by atoms with van der Waals surface area (Å²) in [6.07, 6.45) is 0.964. The van der Waals surface area contributed by atoms with Gasteiger partial charge in [0.1, 0.15) is 0 Å². The molecule has 2 rings (SSSR count). The van der Waals surface area contributed by atoms with Crippen LogP contribution in [-0.2, 0) is 6.42 Å². The van der Waals surface area contributed by atoms with Crippen LogP contribution in [-0.4, -0.2) is 11.8 Å². The lowest BCUT2D eigenvalue weighted by Crippen LogP contribution is -2.38. The number of nitrogens with two attached hydrogens (primary N) is 1. The number of rotatable bonds is 6. The van der Waals surface area contributed by atoms with Crippen molar-refractivity contribution in [1.29, 1.82) is 0 Å². The molecule has 0 saturated heterocycles. The molecular formula is C14H17BrN2S2. The van der Waals surface area contributed by atoms with Crippen molar-refractivity contribution < 1.29 is 0 Å². The Labute approximate surface area is 130 Å². The molecule has 102 valence electrons. The third-order valence-electron chi connectivity index (χ3n) is 2.85. The predicted octanol–water partition coefficient (Wildman–Crippen LogP) is 3.99. The van der Waals surface area contributed by atoms with Crippen molar-refractivity contribution in [3.63, 3.8) is 0 Å². The molecule has 2 nitrogen and oxygen atoms in total. The van der Waals surface area contributed by atoms with Crippen molar-refractivity contribution in [2.75, 3.05) is 5.75 Å². The second-order valence-electron chi connectivity index (χ2n) is 4.35. The minimum Gasteiger partial charge on any atom is -0.271 e. The molecule has 0 bridgehead atoms. The molecule has 0 spiro atoms. The maximum absolute atomic E-state index is 5.66. The fourth-order valence-corrected chi connectivity index (χ4v) is 4.41. The zero-order chi connectivity index (χ0) is 13.7. The van der Waals surface area contributed by atoms with E-state index >= 15 is 0 Å². The number of thioether (sulfide) groups is 1. The summed E-state index contributed by atoms with van der Waals surface area (Å²) in [5, 5.41) is 0. The number of aryl methyl sites for hydroxylation is 1. The smallest absolute Gasteiger partial charge is 0.0701 e. The number of hydrogen-bond acceptors (Lipinski definition) is 4. The van der Waals surface area contributed by atoms with Gasteiger partial charge in [-0.3, -0.25) is 11.3 Å². The van der Waals surface area contributed by atoms with Crippen LogP contribution in [0.1, 0.15) is 10.4 Å². The Morgan fingerprint density at radius 3 is 2.74 bits per heavy atom. The van der Waals surface area contributed by atoms with Gasteiger partial charge in [0, 0.05) is 21.6 Å². The normalized spacial score (nSPS) is 12.6. The molecule has 19 heavy (non-hydrogen) atoms. The second kappa shape index (κ2) is 7.45. The Balaban J connectivity index is 1.91. The largest absolute Gasteiger partial charge is 0.271 e. The Bertz CT molecular complexity index is 528. The number of thiophene rings is 1. The number of hydrazine groups is 1. The van der Waals surface area contributed by atoms with Crippen LogP contribution >= 0.6 is 39.0 Å². The summed E-state index contributed by atoms with van der Waals surface area (Å²) in [4.78, 5) is 2.68. The van der Waals surface area contributed by atoms with E-state index in [0.29, 0.717) is 0 Å². The Kier molecular flexibility index (Phi) is 5.91. The molecule has 1 aromatic carbocycles. The SMILES string of the molecule is Cc1ccccc1SCC(Cc1ccc(Br)s1)NN. The molecule has 1 atom stereocenters. The maximum atomic E-state index is 5.66. The van der Waals surface area contributed by atoms with Gasteiger partial charge in [0.05, 0.1) is 3.79 Å². The highest BCUT2D eigenvalue weighted by Crippen LogP contribution is 2.26. The number of hydrogen-bond donors (Lipinski definition) is 2. The molecule has 0 amide bonds. The maximum Gasteiger partial charge on any atom is 0.0701 e. The van der Waals surface area contributed by atoms with Gasteiger partial charge in [-0.1, -0.05) is 18.2 Å². The Morgan fingerprint density at radius 1 is 1.32 bits per heavy atom. The summed E-state index contributed by atoms with van der Waals surface area (Å²) in [5.41, 5.74) is 4.24. The molecule has 3 N–H and O–H groups in total. The summed E-state index contributed by atoms with van der Waals surface area (Å²) < 4.78 is 1.17. The first-order chi connectivity index (χ1) is 9.19. The zero-order valence-corrected chi connectivity index (χ0v) is 13.9. The van der Waals surface area contributed by atoms with E-state index < -0.39 is 0 Å². The minimum atomic E-state index is 0.287. The molecule has 5 heteroatoms. The fraction of sp³-hybridized carbons (Fsp3) is 0.286. The van der Waals surface area contributed by atoms with Gasteiger partial charge < -0.3 is 0 Å². The van der Waals surface area contributed by atoms with Crippen LogP contribution in [0.25, 0.3) is 0 Å². The van der Waals surface area contributed by atoms with Crippen molar-refractivity contribution in [1.82, 2.24) is 5.43 Å². The van der Waals surface area contributed by atoms with Crippen LogP contribution in [0.5, 0.6) is 0 Å². The van der Waals surface area contributed by atoms with E-state index in [1.54, 1.807) is 11.3 Å². The first-order valence-corrected chi connectivity index (χ1v) is 8.67. The zero-order valence-electron chi connectivity index (χ0n) is 10.7. The summed E-state index contributed by atoms with van der Waals surface area (Å²) in [6.45, 7) is 2.14. The molecule has 2 aromatic rings. The average Bonchev–Trinajstić information content (AvgIpc) is 2.81. The lowest BCUT2D eigenvalue weighted by molar-refractivity contribution is 0.579. The highest BCUT2D eigenvalue weighted by molar-refractivity contribution is 9.11. The first kappa shape index (κ1) is 15.1. The Hall–Kier alpha value is -0.330. The first-order valence-electron chi connectivity index (χ1n) is 6.08. The molecule has 0 saturated carbocycles. The van der Waals surface area contributed by atoms with Crippen LogP contribution in [0, 0.1) is 6.92 Å². The average molecular weight is 357 g/mol. The van der Waals surface area contributed by atoms with E-state index in [0.717, 1.165) is 12.2 Å².